The molecule has 5 nitrogen and oxygen atoms in total. The zero-order valence-corrected chi connectivity index (χ0v) is 16.6. The summed E-state index contributed by atoms with van der Waals surface area (Å²) in [5.41, 5.74) is 7.79. The molecule has 0 aromatic heterocycles. The van der Waals surface area contributed by atoms with E-state index < -0.39 is 6.04 Å². The van der Waals surface area contributed by atoms with Crippen molar-refractivity contribution in [2.24, 2.45) is 5.73 Å². The second-order valence-corrected chi connectivity index (χ2v) is 7.21. The van der Waals surface area contributed by atoms with Crippen molar-refractivity contribution < 1.29 is 9.59 Å². The number of amides is 2. The summed E-state index contributed by atoms with van der Waals surface area (Å²) in [6.07, 6.45) is 3.50. The van der Waals surface area contributed by atoms with Gasteiger partial charge in [0.15, 0.2) is 0 Å². The van der Waals surface area contributed by atoms with Crippen LogP contribution in [-0.4, -0.2) is 65.8 Å². The van der Waals surface area contributed by atoms with Crippen LogP contribution in [0.25, 0.3) is 0 Å². The Balaban J connectivity index is 0.00000312. The monoisotopic (exact) mass is 385 g/mol. The van der Waals surface area contributed by atoms with E-state index in [2.05, 4.69) is 0 Å². The van der Waals surface area contributed by atoms with E-state index in [0.717, 1.165) is 17.7 Å². The van der Waals surface area contributed by atoms with E-state index in [0.29, 0.717) is 38.2 Å². The molecule has 0 radical (unpaired) electrons. The molecule has 1 aliphatic heterocycles. The Hall–Kier alpha value is -1.24. The standard InChI is InChI=1S/C18H27N3O2S.ClH/c1-14-5-3-6-15(13-14)17(22)20-8-4-9-21(11-10-20)18(23)16(19)7-12-24-2;/h3,5-6,13,16H,4,7-12,19H2,1-2H3;1H/t16-;/m0./s1. The van der Waals surface area contributed by atoms with Crippen LogP contribution in [0.4, 0.5) is 0 Å². The van der Waals surface area contributed by atoms with E-state index in [1.807, 2.05) is 47.2 Å². The van der Waals surface area contributed by atoms with Crippen LogP contribution >= 0.6 is 24.2 Å². The van der Waals surface area contributed by atoms with Gasteiger partial charge in [0.1, 0.15) is 0 Å². The van der Waals surface area contributed by atoms with Gasteiger partial charge in [-0.2, -0.15) is 11.8 Å². The summed E-state index contributed by atoms with van der Waals surface area (Å²) in [5.74, 6) is 0.937. The molecule has 25 heavy (non-hydrogen) atoms. The number of nitrogens with zero attached hydrogens (tertiary/aromatic N) is 2. The largest absolute Gasteiger partial charge is 0.340 e. The molecule has 7 heteroatoms. The summed E-state index contributed by atoms with van der Waals surface area (Å²) >= 11 is 1.70. The number of benzene rings is 1. The molecule has 1 heterocycles. The maximum Gasteiger partial charge on any atom is 0.253 e. The van der Waals surface area contributed by atoms with Gasteiger partial charge in [-0.15, -0.1) is 12.4 Å². The van der Waals surface area contributed by atoms with Crippen LogP contribution in [0.15, 0.2) is 24.3 Å². The molecule has 1 aromatic rings. The number of aryl methyl sites for hydroxylation is 1. The average molecular weight is 386 g/mol. The van der Waals surface area contributed by atoms with E-state index in [-0.39, 0.29) is 24.2 Å². The van der Waals surface area contributed by atoms with E-state index in [1.165, 1.54) is 0 Å². The van der Waals surface area contributed by atoms with Gasteiger partial charge >= 0.3 is 0 Å². The lowest BCUT2D eigenvalue weighted by molar-refractivity contribution is -0.132. The lowest BCUT2D eigenvalue weighted by Gasteiger charge is -2.24. The van der Waals surface area contributed by atoms with Crippen LogP contribution in [0.2, 0.25) is 0 Å². The van der Waals surface area contributed by atoms with Crippen molar-refractivity contribution in [2.75, 3.05) is 38.2 Å². The average Bonchev–Trinajstić information content (AvgIpc) is 2.84. The van der Waals surface area contributed by atoms with Gasteiger partial charge in [-0.3, -0.25) is 9.59 Å². The maximum absolute atomic E-state index is 12.7. The number of nitrogens with two attached hydrogens (primary N) is 1. The molecule has 1 aromatic carbocycles. The third-order valence-electron chi connectivity index (χ3n) is 4.31. The molecule has 0 unspecified atom stereocenters. The molecule has 0 saturated carbocycles. The van der Waals surface area contributed by atoms with Crippen LogP contribution in [0.5, 0.6) is 0 Å². The van der Waals surface area contributed by atoms with Crippen LogP contribution in [0.3, 0.4) is 0 Å². The molecule has 2 N–H and O–H groups in total. The Kier molecular flexibility index (Phi) is 9.32. The summed E-state index contributed by atoms with van der Waals surface area (Å²) in [7, 11) is 0. The quantitative estimate of drug-likeness (QED) is 0.843. The molecule has 1 atom stereocenters. The Bertz CT molecular complexity index is 585. The van der Waals surface area contributed by atoms with Gasteiger partial charge in [-0.1, -0.05) is 17.7 Å². The van der Waals surface area contributed by atoms with Crippen molar-refractivity contribution in [2.45, 2.75) is 25.8 Å². The molecule has 1 fully saturated rings. The normalized spacial score (nSPS) is 16.0. The number of hydrogen-bond acceptors (Lipinski definition) is 4. The van der Waals surface area contributed by atoms with Gasteiger partial charge in [0.2, 0.25) is 5.91 Å². The van der Waals surface area contributed by atoms with E-state index >= 15 is 0 Å². The number of hydrogen-bond donors (Lipinski definition) is 1. The van der Waals surface area contributed by atoms with Gasteiger partial charge in [-0.25, -0.2) is 0 Å². The predicted octanol–water partition coefficient (Wildman–Crippen LogP) is 2.17. The summed E-state index contributed by atoms with van der Waals surface area (Å²) in [6, 6.07) is 7.21. The highest BCUT2D eigenvalue weighted by atomic mass is 35.5. The fourth-order valence-electron chi connectivity index (χ4n) is 2.90. The number of carbonyl (C=O) groups excluding carboxylic acids is 2. The molecule has 0 spiro atoms. The number of halogens is 1. The molecule has 1 saturated heterocycles. The molecule has 2 rings (SSSR count). The van der Waals surface area contributed by atoms with E-state index in [4.69, 9.17) is 5.73 Å². The van der Waals surface area contributed by atoms with Crippen LogP contribution in [0.1, 0.15) is 28.8 Å². The Morgan fingerprint density at radius 2 is 1.88 bits per heavy atom. The molecular formula is C18H28ClN3O2S. The zero-order valence-electron chi connectivity index (χ0n) is 14.9. The highest BCUT2D eigenvalue weighted by molar-refractivity contribution is 7.98. The van der Waals surface area contributed by atoms with Gasteiger partial charge in [0, 0.05) is 31.7 Å². The highest BCUT2D eigenvalue weighted by Gasteiger charge is 2.25. The number of carbonyl (C=O) groups is 2. The smallest absolute Gasteiger partial charge is 0.253 e. The SMILES string of the molecule is CSCC[C@H](N)C(=O)N1CCCN(C(=O)c2cccc(C)c2)CC1.Cl. The van der Waals surface area contributed by atoms with E-state index in [9.17, 15) is 9.59 Å². The minimum Gasteiger partial charge on any atom is -0.340 e. The van der Waals surface area contributed by atoms with Crippen LogP contribution in [-0.2, 0) is 4.79 Å². The fourth-order valence-corrected chi connectivity index (χ4v) is 3.39. The van der Waals surface area contributed by atoms with Crippen LogP contribution in [0, 0.1) is 6.92 Å². The Morgan fingerprint density at radius 3 is 2.56 bits per heavy atom. The predicted molar refractivity (Wildman–Crippen MR) is 107 cm³/mol. The fraction of sp³-hybridized carbons (Fsp3) is 0.556. The summed E-state index contributed by atoms with van der Waals surface area (Å²) in [5, 5.41) is 0. The van der Waals surface area contributed by atoms with Gasteiger partial charge in [0.05, 0.1) is 6.04 Å². The van der Waals surface area contributed by atoms with E-state index in [1.54, 1.807) is 11.8 Å². The summed E-state index contributed by atoms with van der Waals surface area (Å²) < 4.78 is 0. The zero-order chi connectivity index (χ0) is 17.5. The molecule has 140 valence electrons. The number of rotatable bonds is 5. The summed E-state index contributed by atoms with van der Waals surface area (Å²) in [4.78, 5) is 28.7. The lowest BCUT2D eigenvalue weighted by atomic mass is 10.1. The first kappa shape index (κ1) is 21.8. The van der Waals surface area contributed by atoms with Gasteiger partial charge in [0.25, 0.3) is 5.91 Å². The van der Waals surface area contributed by atoms with Crippen molar-refractivity contribution in [1.29, 1.82) is 0 Å². The number of thioether (sulfide) groups is 1. The third-order valence-corrected chi connectivity index (χ3v) is 4.95. The molecule has 1 aliphatic rings. The minimum absolute atomic E-state index is 0. The molecule has 0 bridgehead atoms. The first-order valence-electron chi connectivity index (χ1n) is 8.42. The minimum atomic E-state index is -0.434. The maximum atomic E-state index is 12.7. The van der Waals surface area contributed by atoms with Crippen molar-refractivity contribution in [3.8, 4) is 0 Å². The Morgan fingerprint density at radius 1 is 1.20 bits per heavy atom. The Labute approximate surface area is 160 Å². The second-order valence-electron chi connectivity index (χ2n) is 6.23. The van der Waals surface area contributed by atoms with Crippen LogP contribution < -0.4 is 5.73 Å². The molecule has 0 aliphatic carbocycles. The van der Waals surface area contributed by atoms with Crippen molar-refractivity contribution in [3.05, 3.63) is 35.4 Å². The highest BCUT2D eigenvalue weighted by Crippen LogP contribution is 2.12. The second kappa shape index (κ2) is 10.7. The lowest BCUT2D eigenvalue weighted by Crippen LogP contribution is -2.45. The van der Waals surface area contributed by atoms with Crippen molar-refractivity contribution >= 4 is 36.0 Å². The first-order chi connectivity index (χ1) is 11.5. The van der Waals surface area contributed by atoms with Crippen molar-refractivity contribution in [3.63, 3.8) is 0 Å². The first-order valence-corrected chi connectivity index (χ1v) is 9.81. The van der Waals surface area contributed by atoms with Crippen molar-refractivity contribution in [1.82, 2.24) is 9.80 Å². The third kappa shape index (κ3) is 6.20. The summed E-state index contributed by atoms with van der Waals surface area (Å²) in [6.45, 7) is 4.45. The molecular weight excluding hydrogens is 358 g/mol. The van der Waals surface area contributed by atoms with Gasteiger partial charge in [-0.05, 0) is 43.9 Å². The van der Waals surface area contributed by atoms with Gasteiger partial charge < -0.3 is 15.5 Å². The topological polar surface area (TPSA) is 66.6 Å². The molecule has 2 amide bonds.